The van der Waals surface area contributed by atoms with E-state index in [1.54, 1.807) is 0 Å². The normalized spacial score (nSPS) is 25.3. The third-order valence-electron chi connectivity index (χ3n) is 4.24. The van der Waals surface area contributed by atoms with Gasteiger partial charge < -0.3 is 9.88 Å². The predicted octanol–water partition coefficient (Wildman–Crippen LogP) is 2.01. The van der Waals surface area contributed by atoms with E-state index in [-0.39, 0.29) is 23.1 Å². The Morgan fingerprint density at radius 3 is 2.68 bits per heavy atom. The lowest BCUT2D eigenvalue weighted by Crippen LogP contribution is -2.29. The molecule has 0 saturated carbocycles. The Bertz CT molecular complexity index is 569. The van der Waals surface area contributed by atoms with Gasteiger partial charge >= 0.3 is 0 Å². The molecule has 1 aromatic rings. The summed E-state index contributed by atoms with van der Waals surface area (Å²) >= 11 is 0. The van der Waals surface area contributed by atoms with Crippen LogP contribution < -0.4 is 5.32 Å². The number of Topliss-reactive ketones (excluding diaryl/α,β-unsaturated/α-hetero) is 1. The molecule has 1 amide bonds. The van der Waals surface area contributed by atoms with Crippen LogP contribution in [-0.4, -0.2) is 22.8 Å². The minimum absolute atomic E-state index is 0.0165. The van der Waals surface area contributed by atoms with Gasteiger partial charge in [-0.05, 0) is 24.8 Å². The van der Waals surface area contributed by atoms with Crippen LogP contribution >= 0.6 is 0 Å². The maximum atomic E-state index is 12.3. The molecule has 1 aliphatic carbocycles. The number of amides is 1. The predicted molar refractivity (Wildman–Crippen MR) is 72.3 cm³/mol. The van der Waals surface area contributed by atoms with Gasteiger partial charge in [-0.1, -0.05) is 13.8 Å². The quantitative estimate of drug-likeness (QED) is 0.839. The van der Waals surface area contributed by atoms with Crippen molar-refractivity contribution in [1.29, 1.82) is 0 Å². The number of carbonyl (C=O) groups is 2. The summed E-state index contributed by atoms with van der Waals surface area (Å²) in [7, 11) is 0. The Labute approximate surface area is 113 Å². The zero-order valence-electron chi connectivity index (χ0n) is 11.7. The molecule has 1 aromatic heterocycles. The van der Waals surface area contributed by atoms with E-state index < -0.39 is 0 Å². The van der Waals surface area contributed by atoms with E-state index in [0.29, 0.717) is 19.4 Å². The molecule has 102 valence electrons. The van der Waals surface area contributed by atoms with Crippen LogP contribution in [0, 0.1) is 12.3 Å². The maximum absolute atomic E-state index is 12.3. The van der Waals surface area contributed by atoms with Gasteiger partial charge in [-0.15, -0.1) is 0 Å². The van der Waals surface area contributed by atoms with Gasteiger partial charge in [0.1, 0.15) is 0 Å². The Kier molecular flexibility index (Phi) is 2.59. The van der Waals surface area contributed by atoms with E-state index in [2.05, 4.69) is 23.7 Å². The summed E-state index contributed by atoms with van der Waals surface area (Å²) in [5.41, 5.74) is 3.11. The van der Waals surface area contributed by atoms with Crippen LogP contribution in [0.15, 0.2) is 6.07 Å². The number of aromatic nitrogens is 1. The van der Waals surface area contributed by atoms with Crippen LogP contribution in [0.1, 0.15) is 54.5 Å². The molecule has 0 bridgehead atoms. The smallest absolute Gasteiger partial charge is 0.222 e. The van der Waals surface area contributed by atoms with Crippen LogP contribution in [0.3, 0.4) is 0 Å². The molecule has 19 heavy (non-hydrogen) atoms. The van der Waals surface area contributed by atoms with Crippen LogP contribution in [0.5, 0.6) is 0 Å². The zero-order chi connectivity index (χ0) is 13.8. The van der Waals surface area contributed by atoms with Crippen molar-refractivity contribution in [3.8, 4) is 0 Å². The molecule has 0 spiro atoms. The van der Waals surface area contributed by atoms with Gasteiger partial charge in [0.2, 0.25) is 5.91 Å². The van der Waals surface area contributed by atoms with Gasteiger partial charge in [0.25, 0.3) is 0 Å². The summed E-state index contributed by atoms with van der Waals surface area (Å²) in [6, 6.07) is 2.16. The third-order valence-corrected chi connectivity index (χ3v) is 4.24. The molecule has 1 atom stereocenters. The number of aryl methyl sites for hydroxylation is 1. The number of nitrogens with one attached hydrogen (secondary N) is 1. The first kappa shape index (κ1) is 12.5. The average Bonchev–Trinajstić information content (AvgIpc) is 2.81. The number of carbonyl (C=O) groups excluding carboxylic acids is 2. The van der Waals surface area contributed by atoms with Crippen molar-refractivity contribution >= 4 is 11.7 Å². The van der Waals surface area contributed by atoms with Crippen LogP contribution in [0.2, 0.25) is 0 Å². The highest BCUT2D eigenvalue weighted by Gasteiger charge is 2.36. The van der Waals surface area contributed by atoms with Gasteiger partial charge in [0.05, 0.1) is 6.04 Å². The van der Waals surface area contributed by atoms with Crippen molar-refractivity contribution in [3.05, 3.63) is 23.0 Å². The summed E-state index contributed by atoms with van der Waals surface area (Å²) in [4.78, 5) is 23.7. The fraction of sp³-hybridized carbons (Fsp3) is 0.600. The Balaban J connectivity index is 2.07. The average molecular weight is 260 g/mol. The molecule has 1 fully saturated rings. The van der Waals surface area contributed by atoms with Crippen LogP contribution in [0.4, 0.5) is 0 Å². The second-order valence-corrected chi connectivity index (χ2v) is 6.62. The fourth-order valence-electron chi connectivity index (χ4n) is 3.45. The summed E-state index contributed by atoms with van der Waals surface area (Å²) < 4.78 is 2.21. The first-order chi connectivity index (χ1) is 8.87. The Morgan fingerprint density at radius 2 is 2.05 bits per heavy atom. The minimum atomic E-state index is 0.0165. The summed E-state index contributed by atoms with van der Waals surface area (Å²) in [5, 5.41) is 2.88. The second-order valence-electron chi connectivity index (χ2n) is 6.62. The van der Waals surface area contributed by atoms with Gasteiger partial charge in [-0.25, -0.2) is 0 Å². The van der Waals surface area contributed by atoms with Crippen molar-refractivity contribution in [2.75, 3.05) is 6.54 Å². The summed E-state index contributed by atoms with van der Waals surface area (Å²) in [5.74, 6) is 0.346. The lowest BCUT2D eigenvalue weighted by molar-refractivity contribution is -0.119. The van der Waals surface area contributed by atoms with Crippen molar-refractivity contribution in [3.63, 3.8) is 0 Å². The van der Waals surface area contributed by atoms with Crippen molar-refractivity contribution in [1.82, 2.24) is 9.88 Å². The molecule has 0 radical (unpaired) electrons. The zero-order valence-corrected chi connectivity index (χ0v) is 11.7. The van der Waals surface area contributed by atoms with E-state index >= 15 is 0 Å². The molecule has 1 unspecified atom stereocenters. The molecule has 0 aromatic carbocycles. The van der Waals surface area contributed by atoms with Gasteiger partial charge in [-0.3, -0.25) is 9.59 Å². The van der Waals surface area contributed by atoms with E-state index in [4.69, 9.17) is 0 Å². The number of hydrogen-bond donors (Lipinski definition) is 1. The number of hydrogen-bond acceptors (Lipinski definition) is 2. The molecule has 1 saturated heterocycles. The summed E-state index contributed by atoms with van der Waals surface area (Å²) in [6.07, 6.45) is 2.05. The highest BCUT2D eigenvalue weighted by atomic mass is 16.2. The van der Waals surface area contributed by atoms with E-state index in [1.165, 1.54) is 0 Å². The first-order valence-corrected chi connectivity index (χ1v) is 6.88. The SMILES string of the molecule is Cc1cc2c(n1C1CNC(=O)C1)CC(C)(C)CC2=O. The Morgan fingerprint density at radius 1 is 1.32 bits per heavy atom. The highest BCUT2D eigenvalue weighted by molar-refractivity contribution is 5.99. The molecule has 2 aliphatic rings. The van der Waals surface area contributed by atoms with Gasteiger partial charge in [0, 0.05) is 36.3 Å². The number of nitrogens with zero attached hydrogens (tertiary/aromatic N) is 1. The van der Waals surface area contributed by atoms with Crippen molar-refractivity contribution in [2.24, 2.45) is 5.41 Å². The lowest BCUT2D eigenvalue weighted by Gasteiger charge is -2.31. The van der Waals surface area contributed by atoms with Crippen molar-refractivity contribution in [2.45, 2.75) is 46.1 Å². The molecule has 4 heteroatoms. The van der Waals surface area contributed by atoms with E-state index in [0.717, 1.165) is 23.4 Å². The standard InChI is InChI=1S/C15H20N2O2/c1-9-4-11-12(6-15(2,3)7-13(11)18)17(9)10-5-14(19)16-8-10/h4,10H,5-8H2,1-3H3,(H,16,19). The summed E-state index contributed by atoms with van der Waals surface area (Å²) in [6.45, 7) is 6.98. The van der Waals surface area contributed by atoms with Crippen LogP contribution in [0.25, 0.3) is 0 Å². The minimum Gasteiger partial charge on any atom is -0.354 e. The monoisotopic (exact) mass is 260 g/mol. The third kappa shape index (κ3) is 1.99. The number of fused-ring (bicyclic) bond motifs is 1. The molecule has 1 N–H and O–H groups in total. The number of ketones is 1. The fourth-order valence-corrected chi connectivity index (χ4v) is 3.45. The van der Waals surface area contributed by atoms with Gasteiger partial charge in [-0.2, -0.15) is 0 Å². The van der Waals surface area contributed by atoms with Crippen molar-refractivity contribution < 1.29 is 9.59 Å². The van der Waals surface area contributed by atoms with E-state index in [1.807, 2.05) is 13.0 Å². The molecule has 1 aliphatic heterocycles. The molecule has 2 heterocycles. The maximum Gasteiger partial charge on any atom is 0.222 e. The lowest BCUT2D eigenvalue weighted by atomic mass is 9.76. The first-order valence-electron chi connectivity index (χ1n) is 6.88. The van der Waals surface area contributed by atoms with Gasteiger partial charge in [0.15, 0.2) is 5.78 Å². The molecular weight excluding hydrogens is 240 g/mol. The van der Waals surface area contributed by atoms with Crippen LogP contribution in [-0.2, 0) is 11.2 Å². The molecular formula is C15H20N2O2. The number of rotatable bonds is 1. The topological polar surface area (TPSA) is 51.1 Å². The molecule has 4 nitrogen and oxygen atoms in total. The van der Waals surface area contributed by atoms with E-state index in [9.17, 15) is 9.59 Å². The largest absolute Gasteiger partial charge is 0.354 e. The molecule has 3 rings (SSSR count). The highest BCUT2D eigenvalue weighted by Crippen LogP contribution is 2.38. The second kappa shape index (κ2) is 3.95. The Hall–Kier alpha value is -1.58.